The van der Waals surface area contributed by atoms with Crippen molar-refractivity contribution < 1.29 is 39.6 Å². The van der Waals surface area contributed by atoms with Gasteiger partial charge in [0, 0.05) is 27.7 Å². The zero-order chi connectivity index (χ0) is 14.3. The number of hydrogen-bond donors (Lipinski definition) is 4. The van der Waals surface area contributed by atoms with Gasteiger partial charge >= 0.3 is 0 Å². The Morgan fingerprint density at radius 2 is 0.529 bits per heavy atom. The fourth-order valence-corrected chi connectivity index (χ4v) is 0. The van der Waals surface area contributed by atoms with Gasteiger partial charge in [-0.05, 0) is 0 Å². The molecule has 0 aliphatic carbocycles. The second-order valence-corrected chi connectivity index (χ2v) is 2.08. The molecule has 0 spiro atoms. The Morgan fingerprint density at radius 3 is 0.529 bits per heavy atom. The van der Waals surface area contributed by atoms with Gasteiger partial charge in [-0.25, -0.2) is 0 Å². The number of carboxylic acid groups (broad SMARTS) is 4. The van der Waals surface area contributed by atoms with Gasteiger partial charge in [-0.1, -0.05) is 0 Å². The van der Waals surface area contributed by atoms with Gasteiger partial charge < -0.3 is 20.4 Å². The third-order valence-corrected chi connectivity index (χ3v) is 0. The second kappa shape index (κ2) is 23.8. The lowest BCUT2D eigenvalue weighted by Crippen LogP contribution is -1.78. The number of aliphatic carboxylic acids is 4. The summed E-state index contributed by atoms with van der Waals surface area (Å²) in [5, 5.41) is 29.7. The minimum absolute atomic E-state index is 0. The van der Waals surface area contributed by atoms with Crippen molar-refractivity contribution in [3.63, 3.8) is 0 Å². The topological polar surface area (TPSA) is 149 Å². The van der Waals surface area contributed by atoms with E-state index in [1.807, 2.05) is 0 Å². The first-order valence-corrected chi connectivity index (χ1v) is 3.71. The molecule has 0 saturated heterocycles. The molecule has 0 heterocycles. The molecular weight excluding hydrogens is 255 g/mol. The van der Waals surface area contributed by atoms with Crippen LogP contribution in [0, 0.1) is 0 Å². The molecule has 0 aliphatic heterocycles. The highest BCUT2D eigenvalue weighted by Crippen LogP contribution is 1.43. The largest absolute Gasteiger partial charge is 0.481 e. The average Bonchev–Trinajstić information content (AvgIpc) is 1.76. The van der Waals surface area contributed by atoms with Gasteiger partial charge in [0.25, 0.3) is 23.9 Å². The molecule has 0 aliphatic rings. The summed E-state index contributed by atoms with van der Waals surface area (Å²) < 4.78 is 0. The molecule has 9 heteroatoms. The van der Waals surface area contributed by atoms with Crippen LogP contribution in [0.2, 0.25) is 0 Å². The van der Waals surface area contributed by atoms with Crippen molar-refractivity contribution in [2.75, 3.05) is 0 Å². The third kappa shape index (κ3) is 759. The van der Waals surface area contributed by atoms with Crippen molar-refractivity contribution in [1.82, 2.24) is 0 Å². The highest BCUT2D eigenvalue weighted by Gasteiger charge is 1.66. The maximum atomic E-state index is 9.00. The summed E-state index contributed by atoms with van der Waals surface area (Å²) in [6.07, 6.45) is 0. The predicted molar refractivity (Wildman–Crippen MR) is 64.3 cm³/mol. The second-order valence-electron chi connectivity index (χ2n) is 2.08. The molecule has 8 nitrogen and oxygen atoms in total. The molecule has 0 saturated carbocycles. The summed E-state index contributed by atoms with van der Waals surface area (Å²) in [7, 11) is 0. The molecule has 0 fully saturated rings. The summed E-state index contributed by atoms with van der Waals surface area (Å²) in [6.45, 7) is 4.33. The normalized spacial score (nSPS) is 5.88. The van der Waals surface area contributed by atoms with Gasteiger partial charge in [-0.15, -0.1) is 0 Å². The van der Waals surface area contributed by atoms with Crippen LogP contribution in [0.5, 0.6) is 0 Å². The van der Waals surface area contributed by atoms with Crippen molar-refractivity contribution in [2.24, 2.45) is 0 Å². The Kier molecular flexibility index (Phi) is 41.4. The summed E-state index contributed by atoms with van der Waals surface area (Å²) in [4.78, 5) is 36.0. The van der Waals surface area contributed by atoms with Gasteiger partial charge in [0.2, 0.25) is 0 Å². The lowest BCUT2D eigenvalue weighted by Gasteiger charge is -1.59. The smallest absolute Gasteiger partial charge is 0.300 e. The first kappa shape index (κ1) is 29.5. The SMILES string of the molecule is CC(=O)O.CC(=O)O.CC(=O)O.CC(=O)O.P. The summed E-state index contributed by atoms with van der Waals surface area (Å²) in [6, 6.07) is 0. The highest BCUT2D eigenvalue weighted by atomic mass is 31.0. The van der Waals surface area contributed by atoms with Crippen molar-refractivity contribution >= 4 is 33.8 Å². The van der Waals surface area contributed by atoms with Crippen LogP contribution >= 0.6 is 9.90 Å². The Morgan fingerprint density at radius 1 is 0.529 bits per heavy atom. The predicted octanol–water partition coefficient (Wildman–Crippen LogP) is 0.422. The molecular formula is C8H19O8P. The summed E-state index contributed by atoms with van der Waals surface area (Å²) >= 11 is 0. The monoisotopic (exact) mass is 274 g/mol. The zero-order valence-electron chi connectivity index (χ0n) is 10.1. The lowest BCUT2D eigenvalue weighted by atomic mass is 10.9. The Bertz CT molecular complexity index is 162. The Hall–Kier alpha value is -1.69. The van der Waals surface area contributed by atoms with E-state index in [9.17, 15) is 0 Å². The molecule has 0 aromatic heterocycles. The summed E-state index contributed by atoms with van der Waals surface area (Å²) in [5.74, 6) is -3.33. The van der Waals surface area contributed by atoms with Crippen LogP contribution < -0.4 is 0 Å². The van der Waals surface area contributed by atoms with Crippen molar-refractivity contribution in [3.8, 4) is 0 Å². The fraction of sp³-hybridized carbons (Fsp3) is 0.500. The molecule has 0 rings (SSSR count). The van der Waals surface area contributed by atoms with E-state index in [1.165, 1.54) is 0 Å². The van der Waals surface area contributed by atoms with Gasteiger partial charge in [0.15, 0.2) is 0 Å². The minimum atomic E-state index is -0.833. The number of carboxylic acids is 4. The Labute approximate surface area is 102 Å². The van der Waals surface area contributed by atoms with E-state index >= 15 is 0 Å². The molecule has 104 valence electrons. The Balaban J connectivity index is -0.0000000369. The van der Waals surface area contributed by atoms with E-state index in [0.717, 1.165) is 27.7 Å². The number of hydrogen-bond acceptors (Lipinski definition) is 4. The summed E-state index contributed by atoms with van der Waals surface area (Å²) in [5.41, 5.74) is 0. The standard InChI is InChI=1S/4C2H4O2.H3P/c4*1-2(3)4;/h4*1H3,(H,3,4);1H3. The fourth-order valence-electron chi connectivity index (χ4n) is 0. The van der Waals surface area contributed by atoms with Crippen LogP contribution in [0.3, 0.4) is 0 Å². The van der Waals surface area contributed by atoms with E-state index in [0.29, 0.717) is 0 Å². The van der Waals surface area contributed by atoms with E-state index in [1.54, 1.807) is 0 Å². The van der Waals surface area contributed by atoms with Crippen LogP contribution in [-0.2, 0) is 19.2 Å². The van der Waals surface area contributed by atoms with Crippen molar-refractivity contribution in [2.45, 2.75) is 27.7 Å². The van der Waals surface area contributed by atoms with Crippen molar-refractivity contribution in [3.05, 3.63) is 0 Å². The van der Waals surface area contributed by atoms with E-state index in [-0.39, 0.29) is 9.90 Å². The van der Waals surface area contributed by atoms with Gasteiger partial charge in [0.1, 0.15) is 0 Å². The van der Waals surface area contributed by atoms with Crippen LogP contribution in [0.4, 0.5) is 0 Å². The van der Waals surface area contributed by atoms with Gasteiger partial charge in [0.05, 0.1) is 0 Å². The highest BCUT2D eigenvalue weighted by molar-refractivity contribution is 6.92. The molecule has 0 aromatic carbocycles. The quantitative estimate of drug-likeness (QED) is 0.464. The zero-order valence-corrected chi connectivity index (χ0v) is 11.5. The molecule has 4 N–H and O–H groups in total. The molecule has 1 atom stereocenters. The van der Waals surface area contributed by atoms with Crippen LogP contribution in [0.25, 0.3) is 0 Å². The number of carbonyl (C=O) groups is 4. The van der Waals surface area contributed by atoms with Crippen LogP contribution in [0.15, 0.2) is 0 Å². The molecule has 1 unspecified atom stereocenters. The number of rotatable bonds is 0. The first-order chi connectivity index (χ1) is 6.93. The first-order valence-electron chi connectivity index (χ1n) is 3.71. The van der Waals surface area contributed by atoms with Gasteiger partial charge in [-0.3, -0.25) is 19.2 Å². The van der Waals surface area contributed by atoms with Crippen molar-refractivity contribution in [1.29, 1.82) is 0 Å². The molecule has 0 amide bonds. The minimum Gasteiger partial charge on any atom is -0.481 e. The lowest BCUT2D eigenvalue weighted by molar-refractivity contribution is -0.135. The molecule has 17 heavy (non-hydrogen) atoms. The van der Waals surface area contributed by atoms with E-state index in [2.05, 4.69) is 0 Å². The molecule has 0 radical (unpaired) electrons. The maximum absolute atomic E-state index is 9.00. The van der Waals surface area contributed by atoms with Crippen LogP contribution in [0.1, 0.15) is 27.7 Å². The van der Waals surface area contributed by atoms with Gasteiger partial charge in [-0.2, -0.15) is 9.90 Å². The van der Waals surface area contributed by atoms with E-state index in [4.69, 9.17) is 39.6 Å². The average molecular weight is 274 g/mol. The van der Waals surface area contributed by atoms with Crippen LogP contribution in [-0.4, -0.2) is 44.3 Å². The maximum Gasteiger partial charge on any atom is 0.300 e. The van der Waals surface area contributed by atoms with E-state index < -0.39 is 23.9 Å². The molecule has 0 bridgehead atoms. The molecule has 0 aromatic rings. The third-order valence-electron chi connectivity index (χ3n) is 0.